The standard InChI is InChI=1S/C30H30N4O3/c1-21-10-9-13-23(18-21)37-28-25-20-34(29(35)24-14-7-8-15-27(24)36-3)17-16-26(25)31-30(32-28)33(2)19-22-11-5-4-6-12-22/h4-15,18H,16-17,19-20H2,1-3H3. The molecule has 0 bridgehead atoms. The Morgan fingerprint density at radius 3 is 2.57 bits per heavy atom. The second-order valence-corrected chi connectivity index (χ2v) is 9.19. The minimum absolute atomic E-state index is 0.0881. The van der Waals surface area contributed by atoms with Crippen LogP contribution in [0.2, 0.25) is 0 Å². The summed E-state index contributed by atoms with van der Waals surface area (Å²) in [4.78, 5) is 27.0. The number of aryl methyl sites for hydroxylation is 1. The number of amides is 1. The predicted molar refractivity (Wildman–Crippen MR) is 143 cm³/mol. The molecule has 1 aliphatic heterocycles. The third-order valence-corrected chi connectivity index (χ3v) is 6.44. The third kappa shape index (κ3) is 5.40. The van der Waals surface area contributed by atoms with Gasteiger partial charge in [-0.05, 0) is 42.3 Å². The van der Waals surface area contributed by atoms with Crippen molar-refractivity contribution >= 4 is 11.9 Å². The van der Waals surface area contributed by atoms with Crippen molar-refractivity contribution in [2.45, 2.75) is 26.4 Å². The Morgan fingerprint density at radius 2 is 1.78 bits per heavy atom. The minimum Gasteiger partial charge on any atom is -0.496 e. The zero-order valence-corrected chi connectivity index (χ0v) is 21.3. The van der Waals surface area contributed by atoms with E-state index in [1.54, 1.807) is 24.1 Å². The Hall–Kier alpha value is -4.39. The first-order chi connectivity index (χ1) is 18.0. The highest BCUT2D eigenvalue weighted by Crippen LogP contribution is 2.33. The van der Waals surface area contributed by atoms with Gasteiger partial charge in [-0.1, -0.05) is 54.6 Å². The van der Waals surface area contributed by atoms with Crippen LogP contribution in [0.5, 0.6) is 17.4 Å². The number of anilines is 1. The van der Waals surface area contributed by atoms with Crippen molar-refractivity contribution in [3.8, 4) is 17.4 Å². The Balaban J connectivity index is 1.48. The van der Waals surface area contributed by atoms with Crippen LogP contribution in [-0.4, -0.2) is 41.5 Å². The van der Waals surface area contributed by atoms with Crippen LogP contribution >= 0.6 is 0 Å². The van der Waals surface area contributed by atoms with E-state index < -0.39 is 0 Å². The molecule has 7 nitrogen and oxygen atoms in total. The van der Waals surface area contributed by atoms with Gasteiger partial charge in [0.1, 0.15) is 11.5 Å². The molecule has 37 heavy (non-hydrogen) atoms. The maximum Gasteiger partial charge on any atom is 0.257 e. The number of nitrogens with zero attached hydrogens (tertiary/aromatic N) is 4. The number of methoxy groups -OCH3 is 1. The van der Waals surface area contributed by atoms with Gasteiger partial charge in [0, 0.05) is 26.6 Å². The second-order valence-electron chi connectivity index (χ2n) is 9.19. The van der Waals surface area contributed by atoms with Crippen LogP contribution in [0.1, 0.15) is 32.7 Å². The largest absolute Gasteiger partial charge is 0.496 e. The van der Waals surface area contributed by atoms with Crippen LogP contribution in [-0.2, 0) is 19.5 Å². The molecular formula is C30H30N4O3. The van der Waals surface area contributed by atoms with Crippen molar-refractivity contribution in [3.63, 3.8) is 0 Å². The van der Waals surface area contributed by atoms with Gasteiger partial charge in [-0.15, -0.1) is 0 Å². The van der Waals surface area contributed by atoms with Crippen LogP contribution in [0.3, 0.4) is 0 Å². The first kappa shape index (κ1) is 24.3. The lowest BCUT2D eigenvalue weighted by atomic mass is 10.0. The average Bonchev–Trinajstić information content (AvgIpc) is 2.93. The maximum absolute atomic E-state index is 13.4. The van der Waals surface area contributed by atoms with Gasteiger partial charge in [0.05, 0.1) is 30.5 Å². The predicted octanol–water partition coefficient (Wildman–Crippen LogP) is 5.42. The van der Waals surface area contributed by atoms with E-state index in [4.69, 9.17) is 19.4 Å². The molecule has 0 atom stereocenters. The maximum atomic E-state index is 13.4. The highest BCUT2D eigenvalue weighted by atomic mass is 16.5. The number of carbonyl (C=O) groups is 1. The zero-order chi connectivity index (χ0) is 25.8. The van der Waals surface area contributed by atoms with Gasteiger partial charge in [-0.3, -0.25) is 4.79 Å². The van der Waals surface area contributed by atoms with Gasteiger partial charge in [0.2, 0.25) is 11.8 Å². The summed E-state index contributed by atoms with van der Waals surface area (Å²) in [6.45, 7) is 3.60. The molecule has 1 amide bonds. The molecule has 1 aromatic heterocycles. The summed E-state index contributed by atoms with van der Waals surface area (Å²) in [7, 11) is 3.55. The molecule has 188 valence electrons. The number of fused-ring (bicyclic) bond motifs is 1. The number of carbonyl (C=O) groups excluding carboxylic acids is 1. The van der Waals surface area contributed by atoms with Crippen LogP contribution in [0, 0.1) is 6.92 Å². The van der Waals surface area contributed by atoms with E-state index in [0.717, 1.165) is 16.8 Å². The van der Waals surface area contributed by atoms with Crippen LogP contribution in [0.25, 0.3) is 0 Å². The number of rotatable bonds is 7. The lowest BCUT2D eigenvalue weighted by molar-refractivity contribution is 0.0728. The van der Waals surface area contributed by atoms with Gasteiger partial charge in [-0.2, -0.15) is 4.98 Å². The van der Waals surface area contributed by atoms with Crippen molar-refractivity contribution in [3.05, 3.63) is 107 Å². The summed E-state index contributed by atoms with van der Waals surface area (Å²) in [6.07, 6.45) is 0.606. The summed E-state index contributed by atoms with van der Waals surface area (Å²) in [5, 5.41) is 0. The Morgan fingerprint density at radius 1 is 1.00 bits per heavy atom. The summed E-state index contributed by atoms with van der Waals surface area (Å²) >= 11 is 0. The van der Waals surface area contributed by atoms with E-state index in [1.807, 2.05) is 73.5 Å². The Kier molecular flexibility index (Phi) is 7.03. The molecule has 2 heterocycles. The van der Waals surface area contributed by atoms with Gasteiger partial charge in [0.15, 0.2) is 0 Å². The molecule has 0 aliphatic carbocycles. The molecule has 0 radical (unpaired) electrons. The number of para-hydroxylation sites is 1. The first-order valence-electron chi connectivity index (χ1n) is 12.3. The van der Waals surface area contributed by atoms with Crippen molar-refractivity contribution < 1.29 is 14.3 Å². The van der Waals surface area contributed by atoms with Gasteiger partial charge in [-0.25, -0.2) is 4.98 Å². The van der Waals surface area contributed by atoms with Gasteiger partial charge in [0.25, 0.3) is 5.91 Å². The molecule has 0 spiro atoms. The molecular weight excluding hydrogens is 464 g/mol. The quantitative estimate of drug-likeness (QED) is 0.342. The summed E-state index contributed by atoms with van der Waals surface area (Å²) < 4.78 is 11.8. The molecule has 4 aromatic rings. The number of aromatic nitrogens is 2. The second kappa shape index (κ2) is 10.7. The molecule has 7 heteroatoms. The molecule has 5 rings (SSSR count). The molecule has 0 N–H and O–H groups in total. The van der Waals surface area contributed by atoms with Crippen molar-refractivity contribution in [2.24, 2.45) is 0 Å². The van der Waals surface area contributed by atoms with E-state index in [-0.39, 0.29) is 5.91 Å². The summed E-state index contributed by atoms with van der Waals surface area (Å²) in [5.41, 5.74) is 4.52. The van der Waals surface area contributed by atoms with E-state index in [2.05, 4.69) is 12.1 Å². The average molecular weight is 495 g/mol. The fourth-order valence-corrected chi connectivity index (χ4v) is 4.51. The number of hydrogen-bond acceptors (Lipinski definition) is 6. The normalized spacial score (nSPS) is 12.6. The van der Waals surface area contributed by atoms with E-state index in [0.29, 0.717) is 54.9 Å². The van der Waals surface area contributed by atoms with Crippen molar-refractivity contribution in [2.75, 3.05) is 25.6 Å². The molecule has 1 aliphatic rings. The number of ether oxygens (including phenoxy) is 2. The fraction of sp³-hybridized carbons (Fsp3) is 0.233. The van der Waals surface area contributed by atoms with E-state index in [9.17, 15) is 4.79 Å². The molecule has 0 fully saturated rings. The third-order valence-electron chi connectivity index (χ3n) is 6.44. The Labute approximate surface area is 217 Å². The summed E-state index contributed by atoms with van der Waals surface area (Å²) in [6, 6.07) is 25.4. The highest BCUT2D eigenvalue weighted by molar-refractivity contribution is 5.97. The van der Waals surface area contributed by atoms with Gasteiger partial charge < -0.3 is 19.3 Å². The fourth-order valence-electron chi connectivity index (χ4n) is 4.51. The minimum atomic E-state index is -0.0881. The van der Waals surface area contributed by atoms with Crippen molar-refractivity contribution in [1.82, 2.24) is 14.9 Å². The SMILES string of the molecule is COc1ccccc1C(=O)N1CCc2nc(N(C)Cc3ccccc3)nc(Oc3cccc(C)c3)c2C1. The number of benzene rings is 3. The molecule has 0 saturated heterocycles. The van der Waals surface area contributed by atoms with Crippen LogP contribution in [0.4, 0.5) is 5.95 Å². The smallest absolute Gasteiger partial charge is 0.257 e. The molecule has 0 saturated carbocycles. The highest BCUT2D eigenvalue weighted by Gasteiger charge is 2.29. The first-order valence-corrected chi connectivity index (χ1v) is 12.3. The lowest BCUT2D eigenvalue weighted by Gasteiger charge is -2.30. The lowest BCUT2D eigenvalue weighted by Crippen LogP contribution is -2.37. The van der Waals surface area contributed by atoms with Crippen molar-refractivity contribution in [1.29, 1.82) is 0 Å². The molecule has 0 unspecified atom stereocenters. The number of hydrogen-bond donors (Lipinski definition) is 0. The Bertz CT molecular complexity index is 1410. The zero-order valence-electron chi connectivity index (χ0n) is 21.3. The van der Waals surface area contributed by atoms with E-state index in [1.165, 1.54) is 5.56 Å². The topological polar surface area (TPSA) is 67.8 Å². The van der Waals surface area contributed by atoms with Gasteiger partial charge >= 0.3 is 0 Å². The monoisotopic (exact) mass is 494 g/mol. The summed E-state index contributed by atoms with van der Waals surface area (Å²) in [5.74, 6) is 2.24. The van der Waals surface area contributed by atoms with E-state index >= 15 is 0 Å². The van der Waals surface area contributed by atoms with Crippen LogP contribution < -0.4 is 14.4 Å². The molecule has 3 aromatic carbocycles. The van der Waals surface area contributed by atoms with Crippen LogP contribution in [0.15, 0.2) is 78.9 Å².